The number of carbonyl (C=O) groups excluding carboxylic acids is 1. The van der Waals surface area contributed by atoms with Gasteiger partial charge in [0.05, 0.1) is 6.10 Å². The number of rotatable bonds is 6. The number of nitrogens with zero attached hydrogens (tertiary/aromatic N) is 1. The van der Waals surface area contributed by atoms with E-state index in [0.717, 1.165) is 12.8 Å². The second-order valence-corrected chi connectivity index (χ2v) is 5.27. The molecule has 5 nitrogen and oxygen atoms in total. The Bertz CT molecular complexity index is 509. The van der Waals surface area contributed by atoms with Crippen LogP contribution in [0.5, 0.6) is 5.75 Å². The molecule has 1 N–H and O–H groups in total. The summed E-state index contributed by atoms with van der Waals surface area (Å²) in [6.45, 7) is 1.83. The van der Waals surface area contributed by atoms with Gasteiger partial charge in [-0.3, -0.25) is 9.59 Å². The van der Waals surface area contributed by atoms with Crippen LogP contribution in [0.2, 0.25) is 0 Å². The standard InChI is InChI=1S/C16H21NO4/c1-2-17(11-15(18)19)16(20)12-6-5-9-14(10-12)21-13-7-3-4-8-13/h5-6,9-10,13H,2-4,7-8,11H2,1H3,(H,18,19). The number of benzene rings is 1. The minimum absolute atomic E-state index is 0.233. The molecular formula is C16H21NO4. The molecule has 0 aromatic heterocycles. The van der Waals surface area contributed by atoms with Crippen LogP contribution in [-0.2, 0) is 4.79 Å². The molecule has 114 valence electrons. The fourth-order valence-electron chi connectivity index (χ4n) is 2.57. The molecule has 1 saturated carbocycles. The Labute approximate surface area is 124 Å². The summed E-state index contributed by atoms with van der Waals surface area (Å²) in [5, 5.41) is 8.84. The molecule has 1 aromatic rings. The molecule has 0 heterocycles. The third-order valence-electron chi connectivity index (χ3n) is 3.68. The van der Waals surface area contributed by atoms with Gasteiger partial charge >= 0.3 is 5.97 Å². The number of carbonyl (C=O) groups is 2. The number of hydrogen-bond donors (Lipinski definition) is 1. The summed E-state index contributed by atoms with van der Waals surface area (Å²) in [6.07, 6.45) is 4.71. The van der Waals surface area contributed by atoms with Crippen molar-refractivity contribution in [2.24, 2.45) is 0 Å². The fourth-order valence-corrected chi connectivity index (χ4v) is 2.57. The van der Waals surface area contributed by atoms with E-state index in [-0.39, 0.29) is 18.6 Å². The maximum absolute atomic E-state index is 12.3. The molecule has 1 aliphatic rings. The van der Waals surface area contributed by atoms with Gasteiger partial charge in [0.25, 0.3) is 5.91 Å². The molecule has 1 aromatic carbocycles. The Morgan fingerprint density at radius 2 is 2.05 bits per heavy atom. The molecule has 1 aliphatic carbocycles. The largest absolute Gasteiger partial charge is 0.490 e. The molecule has 1 amide bonds. The van der Waals surface area contributed by atoms with Crippen LogP contribution < -0.4 is 4.74 Å². The van der Waals surface area contributed by atoms with Gasteiger partial charge in [-0.15, -0.1) is 0 Å². The second-order valence-electron chi connectivity index (χ2n) is 5.27. The topological polar surface area (TPSA) is 66.8 Å². The number of ether oxygens (including phenoxy) is 1. The van der Waals surface area contributed by atoms with E-state index in [1.807, 2.05) is 6.07 Å². The second kappa shape index (κ2) is 7.11. The minimum atomic E-state index is -1.01. The van der Waals surface area contributed by atoms with Gasteiger partial charge in [0.2, 0.25) is 0 Å². The Kier molecular flexibility index (Phi) is 5.20. The van der Waals surface area contributed by atoms with Crippen LogP contribution in [0, 0.1) is 0 Å². The lowest BCUT2D eigenvalue weighted by atomic mass is 10.2. The summed E-state index contributed by atoms with van der Waals surface area (Å²) in [6, 6.07) is 6.99. The van der Waals surface area contributed by atoms with Crippen LogP contribution in [0.15, 0.2) is 24.3 Å². The van der Waals surface area contributed by atoms with Crippen molar-refractivity contribution in [1.29, 1.82) is 0 Å². The highest BCUT2D eigenvalue weighted by Crippen LogP contribution is 2.24. The van der Waals surface area contributed by atoms with Crippen molar-refractivity contribution in [3.05, 3.63) is 29.8 Å². The minimum Gasteiger partial charge on any atom is -0.490 e. The third-order valence-corrected chi connectivity index (χ3v) is 3.68. The lowest BCUT2D eigenvalue weighted by Crippen LogP contribution is -2.35. The number of carboxylic acid groups (broad SMARTS) is 1. The van der Waals surface area contributed by atoms with E-state index < -0.39 is 5.97 Å². The molecule has 0 bridgehead atoms. The van der Waals surface area contributed by atoms with Crippen LogP contribution in [0.1, 0.15) is 43.0 Å². The monoisotopic (exact) mass is 291 g/mol. The summed E-state index contributed by atoms with van der Waals surface area (Å²) in [4.78, 5) is 24.4. The van der Waals surface area contributed by atoms with Crippen molar-refractivity contribution < 1.29 is 19.4 Å². The Hall–Kier alpha value is -2.04. The highest BCUT2D eigenvalue weighted by Gasteiger charge is 2.19. The first kappa shape index (κ1) is 15.4. The van der Waals surface area contributed by atoms with Gasteiger partial charge in [0, 0.05) is 12.1 Å². The molecular weight excluding hydrogens is 270 g/mol. The summed E-state index contributed by atoms with van der Waals surface area (Å²) in [5.41, 5.74) is 0.466. The molecule has 0 unspecified atom stereocenters. The zero-order chi connectivity index (χ0) is 15.2. The van der Waals surface area contributed by atoms with E-state index >= 15 is 0 Å². The van der Waals surface area contributed by atoms with Gasteiger partial charge in [-0.25, -0.2) is 0 Å². The maximum atomic E-state index is 12.3. The zero-order valence-electron chi connectivity index (χ0n) is 12.2. The number of likely N-dealkylation sites (N-methyl/N-ethyl adjacent to an activating group) is 1. The molecule has 0 saturated heterocycles. The summed E-state index contributed by atoms with van der Waals surface area (Å²) < 4.78 is 5.87. The number of aliphatic carboxylic acids is 1. The molecule has 21 heavy (non-hydrogen) atoms. The summed E-state index contributed by atoms with van der Waals surface area (Å²) in [5.74, 6) is -0.612. The van der Waals surface area contributed by atoms with E-state index in [0.29, 0.717) is 17.9 Å². The van der Waals surface area contributed by atoms with Crippen LogP contribution in [0.3, 0.4) is 0 Å². The van der Waals surface area contributed by atoms with Gasteiger partial charge in [-0.1, -0.05) is 6.07 Å². The molecule has 5 heteroatoms. The molecule has 0 atom stereocenters. The van der Waals surface area contributed by atoms with Gasteiger partial charge in [-0.2, -0.15) is 0 Å². The van der Waals surface area contributed by atoms with E-state index in [1.165, 1.54) is 17.7 Å². The van der Waals surface area contributed by atoms with Gasteiger partial charge in [0.15, 0.2) is 0 Å². The SMILES string of the molecule is CCN(CC(=O)O)C(=O)c1cccc(OC2CCCC2)c1. The van der Waals surface area contributed by atoms with Crippen LogP contribution in [-0.4, -0.2) is 41.1 Å². The van der Waals surface area contributed by atoms with Crippen molar-refractivity contribution in [1.82, 2.24) is 4.90 Å². The normalized spacial score (nSPS) is 14.9. The van der Waals surface area contributed by atoms with Crippen LogP contribution in [0.25, 0.3) is 0 Å². The summed E-state index contributed by atoms with van der Waals surface area (Å²) >= 11 is 0. The van der Waals surface area contributed by atoms with E-state index in [2.05, 4.69) is 0 Å². The lowest BCUT2D eigenvalue weighted by molar-refractivity contribution is -0.137. The number of carboxylic acids is 1. The van der Waals surface area contributed by atoms with Crippen molar-refractivity contribution in [2.45, 2.75) is 38.7 Å². The Morgan fingerprint density at radius 1 is 1.33 bits per heavy atom. The predicted octanol–water partition coefficient (Wildman–Crippen LogP) is 2.55. The first-order valence-electron chi connectivity index (χ1n) is 7.38. The van der Waals surface area contributed by atoms with Gasteiger partial charge in [-0.05, 0) is 50.8 Å². The average Bonchev–Trinajstić information content (AvgIpc) is 2.97. The third kappa shape index (κ3) is 4.21. The predicted molar refractivity (Wildman–Crippen MR) is 78.5 cm³/mol. The maximum Gasteiger partial charge on any atom is 0.323 e. The molecule has 0 radical (unpaired) electrons. The number of hydrogen-bond acceptors (Lipinski definition) is 3. The van der Waals surface area contributed by atoms with Crippen molar-refractivity contribution >= 4 is 11.9 Å². The van der Waals surface area contributed by atoms with E-state index in [9.17, 15) is 9.59 Å². The highest BCUT2D eigenvalue weighted by molar-refractivity contribution is 5.96. The van der Waals surface area contributed by atoms with Crippen molar-refractivity contribution in [2.75, 3.05) is 13.1 Å². The van der Waals surface area contributed by atoms with Crippen molar-refractivity contribution in [3.63, 3.8) is 0 Å². The lowest BCUT2D eigenvalue weighted by Gasteiger charge is -2.19. The van der Waals surface area contributed by atoms with Crippen LogP contribution in [0.4, 0.5) is 0 Å². The quantitative estimate of drug-likeness (QED) is 0.874. The van der Waals surface area contributed by atoms with E-state index in [4.69, 9.17) is 9.84 Å². The Balaban J connectivity index is 2.07. The smallest absolute Gasteiger partial charge is 0.323 e. The first-order chi connectivity index (χ1) is 10.1. The molecule has 0 aliphatic heterocycles. The zero-order valence-corrected chi connectivity index (χ0v) is 12.2. The molecule has 1 fully saturated rings. The highest BCUT2D eigenvalue weighted by atomic mass is 16.5. The fraction of sp³-hybridized carbons (Fsp3) is 0.500. The molecule has 0 spiro atoms. The number of amides is 1. The first-order valence-corrected chi connectivity index (χ1v) is 7.38. The average molecular weight is 291 g/mol. The van der Waals surface area contributed by atoms with Crippen LogP contribution >= 0.6 is 0 Å². The van der Waals surface area contributed by atoms with Crippen molar-refractivity contribution in [3.8, 4) is 5.75 Å². The molecule has 2 rings (SSSR count). The summed E-state index contributed by atoms with van der Waals surface area (Å²) in [7, 11) is 0. The Morgan fingerprint density at radius 3 is 2.67 bits per heavy atom. The van der Waals surface area contributed by atoms with E-state index in [1.54, 1.807) is 25.1 Å². The van der Waals surface area contributed by atoms with Gasteiger partial charge < -0.3 is 14.7 Å². The van der Waals surface area contributed by atoms with Gasteiger partial charge in [0.1, 0.15) is 12.3 Å².